The van der Waals surface area contributed by atoms with Crippen molar-refractivity contribution in [2.75, 3.05) is 23.3 Å². The molecule has 0 spiro atoms. The Hall–Kier alpha value is -2.67. The normalized spacial score (nSPS) is 18.9. The fourth-order valence-electron chi connectivity index (χ4n) is 5.23. The second kappa shape index (κ2) is 7.54. The van der Waals surface area contributed by atoms with Gasteiger partial charge in [0.05, 0.1) is 5.69 Å². The van der Waals surface area contributed by atoms with Crippen LogP contribution >= 0.6 is 11.3 Å². The number of anilines is 2. The van der Waals surface area contributed by atoms with Crippen LogP contribution < -0.4 is 15.5 Å². The Morgan fingerprint density at radius 1 is 1.07 bits per heavy atom. The van der Waals surface area contributed by atoms with Crippen molar-refractivity contribution in [3.63, 3.8) is 0 Å². The smallest absolute Gasteiger partial charge is 0.313 e. The van der Waals surface area contributed by atoms with Crippen molar-refractivity contribution in [3.8, 4) is 0 Å². The van der Waals surface area contributed by atoms with Crippen LogP contribution in [0.4, 0.5) is 11.4 Å². The molecule has 6 nitrogen and oxygen atoms in total. The molecule has 0 saturated heterocycles. The molecule has 1 aromatic carbocycles. The van der Waals surface area contributed by atoms with Gasteiger partial charge in [0, 0.05) is 30.6 Å². The summed E-state index contributed by atoms with van der Waals surface area (Å²) in [4.78, 5) is 39.0. The zero-order chi connectivity index (χ0) is 20.7. The summed E-state index contributed by atoms with van der Waals surface area (Å²) in [5.41, 5.74) is 4.99. The van der Waals surface area contributed by atoms with Crippen molar-refractivity contribution in [1.29, 1.82) is 0 Å². The van der Waals surface area contributed by atoms with Gasteiger partial charge in [0.25, 0.3) is 0 Å². The lowest BCUT2D eigenvalue weighted by molar-refractivity contribution is -0.136. The van der Waals surface area contributed by atoms with Crippen molar-refractivity contribution < 1.29 is 14.4 Å². The highest BCUT2D eigenvalue weighted by Crippen LogP contribution is 2.41. The first-order valence-corrected chi connectivity index (χ1v) is 11.6. The molecule has 3 amide bonds. The van der Waals surface area contributed by atoms with Crippen LogP contribution in [-0.4, -0.2) is 30.8 Å². The Bertz CT molecular complexity index is 1010. The number of benzene rings is 1. The second-order valence-electron chi connectivity index (χ2n) is 8.57. The van der Waals surface area contributed by atoms with Crippen LogP contribution in [0.3, 0.4) is 0 Å². The largest absolute Gasteiger partial charge is 0.347 e. The van der Waals surface area contributed by atoms with Gasteiger partial charge in [-0.25, -0.2) is 0 Å². The highest BCUT2D eigenvalue weighted by molar-refractivity contribution is 7.08. The molecule has 1 saturated carbocycles. The lowest BCUT2D eigenvalue weighted by atomic mass is 9.80. The molecule has 1 aliphatic carbocycles. The third-order valence-corrected chi connectivity index (χ3v) is 7.48. The van der Waals surface area contributed by atoms with Crippen molar-refractivity contribution in [2.24, 2.45) is 0 Å². The third kappa shape index (κ3) is 3.31. The molecular formula is C23H25N3O3S. The fourth-order valence-corrected chi connectivity index (χ4v) is 6.01. The van der Waals surface area contributed by atoms with Crippen LogP contribution in [0.15, 0.2) is 29.0 Å². The van der Waals surface area contributed by atoms with E-state index in [2.05, 4.69) is 27.5 Å². The molecule has 0 unspecified atom stereocenters. The highest BCUT2D eigenvalue weighted by atomic mass is 32.1. The predicted octanol–water partition coefficient (Wildman–Crippen LogP) is 3.15. The van der Waals surface area contributed by atoms with Crippen molar-refractivity contribution in [2.45, 2.75) is 50.4 Å². The van der Waals surface area contributed by atoms with E-state index in [0.717, 1.165) is 48.9 Å². The standard InChI is InChI=1S/C23H25N3O3S/c27-19-4-3-15-11-18(12-16-5-9-26(19)20(15)16)25-22(29)21(28)24-14-23(7-1-2-8-23)17-6-10-30-13-17/h6,10-13H,1-5,7-9,14H2,(H,24,28)(H,25,29). The molecule has 1 fully saturated rings. The average Bonchev–Trinajstić information content (AvgIpc) is 3.50. The van der Waals surface area contributed by atoms with E-state index >= 15 is 0 Å². The van der Waals surface area contributed by atoms with E-state index in [-0.39, 0.29) is 11.3 Å². The molecule has 1 aromatic heterocycles. The molecule has 2 aliphatic heterocycles. The maximum Gasteiger partial charge on any atom is 0.313 e. The van der Waals surface area contributed by atoms with Crippen LogP contribution in [0.1, 0.15) is 48.8 Å². The Balaban J connectivity index is 1.26. The van der Waals surface area contributed by atoms with Gasteiger partial charge in [0.1, 0.15) is 0 Å². The summed E-state index contributed by atoms with van der Waals surface area (Å²) >= 11 is 1.67. The molecule has 0 radical (unpaired) electrons. The quantitative estimate of drug-likeness (QED) is 0.742. The number of amides is 3. The number of hydrogen-bond acceptors (Lipinski definition) is 4. The zero-order valence-corrected chi connectivity index (χ0v) is 17.6. The predicted molar refractivity (Wildman–Crippen MR) is 117 cm³/mol. The molecule has 2 aromatic rings. The number of aryl methyl sites for hydroxylation is 1. The van der Waals surface area contributed by atoms with Gasteiger partial charge in [0.15, 0.2) is 0 Å². The maximum atomic E-state index is 12.6. The minimum atomic E-state index is -0.637. The van der Waals surface area contributed by atoms with Crippen molar-refractivity contribution in [1.82, 2.24) is 5.32 Å². The Morgan fingerprint density at radius 3 is 2.57 bits per heavy atom. The van der Waals surface area contributed by atoms with Crippen LogP contribution in [0.5, 0.6) is 0 Å². The van der Waals surface area contributed by atoms with Gasteiger partial charge in [-0.15, -0.1) is 0 Å². The second-order valence-corrected chi connectivity index (χ2v) is 9.35. The summed E-state index contributed by atoms with van der Waals surface area (Å²) in [6.07, 6.45) is 6.33. The van der Waals surface area contributed by atoms with Gasteiger partial charge in [-0.3, -0.25) is 14.4 Å². The molecule has 2 N–H and O–H groups in total. The van der Waals surface area contributed by atoms with Crippen molar-refractivity contribution >= 4 is 40.4 Å². The highest BCUT2D eigenvalue weighted by Gasteiger charge is 2.37. The van der Waals surface area contributed by atoms with Gasteiger partial charge >= 0.3 is 11.8 Å². The molecule has 156 valence electrons. The van der Waals surface area contributed by atoms with E-state index < -0.39 is 11.8 Å². The molecule has 0 bridgehead atoms. The van der Waals surface area contributed by atoms with E-state index in [9.17, 15) is 14.4 Å². The number of nitrogens with zero attached hydrogens (tertiary/aromatic N) is 1. The van der Waals surface area contributed by atoms with E-state index in [0.29, 0.717) is 31.6 Å². The Kier molecular flexibility index (Phi) is 4.85. The average molecular weight is 424 g/mol. The van der Waals surface area contributed by atoms with E-state index in [1.807, 2.05) is 17.0 Å². The summed E-state index contributed by atoms with van der Waals surface area (Å²) in [5.74, 6) is -1.06. The number of nitrogens with one attached hydrogen (secondary N) is 2. The molecular weight excluding hydrogens is 398 g/mol. The molecule has 3 aliphatic rings. The Morgan fingerprint density at radius 2 is 1.83 bits per heavy atom. The number of hydrogen-bond donors (Lipinski definition) is 2. The first-order chi connectivity index (χ1) is 14.6. The molecule has 7 heteroatoms. The maximum absolute atomic E-state index is 12.6. The van der Waals surface area contributed by atoms with Crippen LogP contribution in [0.25, 0.3) is 0 Å². The van der Waals surface area contributed by atoms with Gasteiger partial charge < -0.3 is 15.5 Å². The molecule has 3 heterocycles. The minimum Gasteiger partial charge on any atom is -0.347 e. The summed E-state index contributed by atoms with van der Waals surface area (Å²) in [6.45, 7) is 1.19. The Labute approximate surface area is 179 Å². The monoisotopic (exact) mass is 423 g/mol. The van der Waals surface area contributed by atoms with Gasteiger partial charge in [-0.1, -0.05) is 12.8 Å². The van der Waals surface area contributed by atoms with Crippen LogP contribution in [-0.2, 0) is 32.6 Å². The molecule has 0 atom stereocenters. The lowest BCUT2D eigenvalue weighted by Crippen LogP contribution is -2.43. The topological polar surface area (TPSA) is 78.5 Å². The zero-order valence-electron chi connectivity index (χ0n) is 16.8. The summed E-state index contributed by atoms with van der Waals surface area (Å²) in [5, 5.41) is 9.87. The number of thiophene rings is 1. The first kappa shape index (κ1) is 19.3. The lowest BCUT2D eigenvalue weighted by Gasteiger charge is -2.28. The summed E-state index contributed by atoms with van der Waals surface area (Å²) in [6, 6.07) is 5.93. The SMILES string of the molecule is O=C(NCC1(c2ccsc2)CCCC1)C(=O)Nc1cc2c3c(c1)CCN3C(=O)CC2. The number of carbonyl (C=O) groups excluding carboxylic acids is 3. The number of carbonyl (C=O) groups is 3. The van der Waals surface area contributed by atoms with E-state index in [1.54, 1.807) is 11.3 Å². The first-order valence-electron chi connectivity index (χ1n) is 10.6. The molecule has 5 rings (SSSR count). The third-order valence-electron chi connectivity index (χ3n) is 6.80. The van der Waals surface area contributed by atoms with Crippen molar-refractivity contribution in [3.05, 3.63) is 45.6 Å². The number of rotatable bonds is 4. The molecule has 30 heavy (non-hydrogen) atoms. The van der Waals surface area contributed by atoms with Crippen LogP contribution in [0.2, 0.25) is 0 Å². The van der Waals surface area contributed by atoms with E-state index in [1.165, 1.54) is 5.56 Å². The summed E-state index contributed by atoms with van der Waals surface area (Å²) in [7, 11) is 0. The summed E-state index contributed by atoms with van der Waals surface area (Å²) < 4.78 is 0. The van der Waals surface area contributed by atoms with Gasteiger partial charge in [0.2, 0.25) is 5.91 Å². The van der Waals surface area contributed by atoms with Gasteiger partial charge in [-0.05, 0) is 71.3 Å². The fraction of sp³-hybridized carbons (Fsp3) is 0.435. The van der Waals surface area contributed by atoms with Crippen LogP contribution in [0, 0.1) is 0 Å². The van der Waals surface area contributed by atoms with E-state index in [4.69, 9.17) is 0 Å². The van der Waals surface area contributed by atoms with Gasteiger partial charge in [-0.2, -0.15) is 11.3 Å². The minimum absolute atomic E-state index is 0.0519.